The summed E-state index contributed by atoms with van der Waals surface area (Å²) in [6.45, 7) is 1.71. The number of carbonyl (C=O) groups excluding carboxylic acids is 2. The molecule has 0 bridgehead atoms. The third-order valence-corrected chi connectivity index (χ3v) is 5.77. The number of amides is 2. The van der Waals surface area contributed by atoms with Crippen molar-refractivity contribution in [3.63, 3.8) is 0 Å². The van der Waals surface area contributed by atoms with Crippen molar-refractivity contribution >= 4 is 51.9 Å². The lowest BCUT2D eigenvalue weighted by Crippen LogP contribution is -2.36. The summed E-state index contributed by atoms with van der Waals surface area (Å²) in [5, 5.41) is 12.8. The topological polar surface area (TPSA) is 88.1 Å². The Kier molecular flexibility index (Phi) is 6.63. The predicted molar refractivity (Wildman–Crippen MR) is 121 cm³/mol. The minimum absolute atomic E-state index is 0.127. The normalized spacial score (nSPS) is 14.9. The zero-order chi connectivity index (χ0) is 21.8. The predicted octanol–water partition coefficient (Wildman–Crippen LogP) is 3.56. The molecular weight excluding hydrogens is 424 g/mol. The number of phenolic OH excluding ortho intramolecular Hbond substituents is 1. The van der Waals surface area contributed by atoms with Crippen LogP contribution in [0.5, 0.6) is 17.2 Å². The molecule has 2 N–H and O–H groups in total. The van der Waals surface area contributed by atoms with E-state index in [9.17, 15) is 14.7 Å². The number of ether oxygens (including phenoxy) is 2. The molecule has 1 aliphatic heterocycles. The lowest BCUT2D eigenvalue weighted by atomic mass is 10.1. The van der Waals surface area contributed by atoms with Crippen molar-refractivity contribution in [2.24, 2.45) is 0 Å². The second-order valence-electron chi connectivity index (χ2n) is 6.40. The van der Waals surface area contributed by atoms with E-state index in [0.717, 1.165) is 17.3 Å². The van der Waals surface area contributed by atoms with Crippen LogP contribution in [0.4, 0.5) is 5.69 Å². The van der Waals surface area contributed by atoms with Gasteiger partial charge in [-0.1, -0.05) is 42.2 Å². The van der Waals surface area contributed by atoms with Crippen LogP contribution >= 0.6 is 24.0 Å². The molecule has 0 atom stereocenters. The number of hydrogen-bond acceptors (Lipinski definition) is 7. The highest BCUT2D eigenvalue weighted by Crippen LogP contribution is 2.39. The third-order valence-electron chi connectivity index (χ3n) is 4.39. The first kappa shape index (κ1) is 21.7. The SMILES string of the molecule is COc1cc(/C=C2\SC(=S)N(CC(=O)Nc3ccccc3C)C2=O)cc(OC)c1O. The van der Waals surface area contributed by atoms with E-state index in [-0.39, 0.29) is 35.6 Å². The molecule has 1 saturated heterocycles. The fourth-order valence-corrected chi connectivity index (χ4v) is 4.09. The first-order valence-electron chi connectivity index (χ1n) is 8.90. The highest BCUT2D eigenvalue weighted by Gasteiger charge is 2.33. The summed E-state index contributed by atoms with van der Waals surface area (Å²) in [5.41, 5.74) is 2.20. The van der Waals surface area contributed by atoms with Crippen LogP contribution in [-0.4, -0.2) is 46.9 Å². The van der Waals surface area contributed by atoms with E-state index in [1.165, 1.54) is 19.1 Å². The summed E-state index contributed by atoms with van der Waals surface area (Å²) in [6, 6.07) is 10.5. The minimum atomic E-state index is -0.365. The highest BCUT2D eigenvalue weighted by atomic mass is 32.2. The molecule has 0 saturated carbocycles. The van der Waals surface area contributed by atoms with Gasteiger partial charge in [0.15, 0.2) is 11.5 Å². The average Bonchev–Trinajstić information content (AvgIpc) is 2.98. The number of phenols is 1. The highest BCUT2D eigenvalue weighted by molar-refractivity contribution is 8.26. The molecule has 2 aromatic rings. The van der Waals surface area contributed by atoms with Crippen LogP contribution in [0.25, 0.3) is 6.08 Å². The molecule has 0 spiro atoms. The molecule has 0 unspecified atom stereocenters. The summed E-state index contributed by atoms with van der Waals surface area (Å²) >= 11 is 6.40. The zero-order valence-electron chi connectivity index (χ0n) is 16.6. The van der Waals surface area contributed by atoms with E-state index in [1.807, 2.05) is 25.1 Å². The lowest BCUT2D eigenvalue weighted by molar-refractivity contribution is -0.126. The first-order chi connectivity index (χ1) is 14.3. The van der Waals surface area contributed by atoms with Gasteiger partial charge in [-0.2, -0.15) is 0 Å². The molecule has 156 valence electrons. The van der Waals surface area contributed by atoms with Gasteiger partial charge in [-0.05, 0) is 42.3 Å². The van der Waals surface area contributed by atoms with Crippen molar-refractivity contribution in [2.45, 2.75) is 6.92 Å². The third kappa shape index (κ3) is 4.58. The molecule has 3 rings (SSSR count). The van der Waals surface area contributed by atoms with E-state index in [0.29, 0.717) is 20.5 Å². The van der Waals surface area contributed by atoms with Gasteiger partial charge >= 0.3 is 0 Å². The number of para-hydroxylation sites is 1. The van der Waals surface area contributed by atoms with Crippen LogP contribution in [0, 0.1) is 6.92 Å². The fraction of sp³-hybridized carbons (Fsp3) is 0.190. The maximum absolute atomic E-state index is 12.8. The van der Waals surface area contributed by atoms with E-state index >= 15 is 0 Å². The zero-order valence-corrected chi connectivity index (χ0v) is 18.2. The number of aromatic hydroxyl groups is 1. The van der Waals surface area contributed by atoms with Crippen molar-refractivity contribution in [3.8, 4) is 17.2 Å². The maximum Gasteiger partial charge on any atom is 0.266 e. The van der Waals surface area contributed by atoms with E-state index in [2.05, 4.69) is 5.32 Å². The summed E-state index contributed by atoms with van der Waals surface area (Å²) in [6.07, 6.45) is 1.61. The number of hydrogen-bond donors (Lipinski definition) is 2. The van der Waals surface area contributed by atoms with Crippen molar-refractivity contribution < 1.29 is 24.2 Å². The Morgan fingerprint density at radius 3 is 2.47 bits per heavy atom. The number of methoxy groups -OCH3 is 2. The molecule has 9 heteroatoms. The molecule has 7 nitrogen and oxygen atoms in total. The van der Waals surface area contributed by atoms with Gasteiger partial charge < -0.3 is 19.9 Å². The van der Waals surface area contributed by atoms with Gasteiger partial charge in [0.2, 0.25) is 11.7 Å². The molecular formula is C21H20N2O5S2. The minimum Gasteiger partial charge on any atom is -0.502 e. The number of anilines is 1. The molecule has 30 heavy (non-hydrogen) atoms. The number of carbonyl (C=O) groups is 2. The Labute approximate surface area is 183 Å². The lowest BCUT2D eigenvalue weighted by Gasteiger charge is -2.15. The van der Waals surface area contributed by atoms with Crippen LogP contribution in [0.15, 0.2) is 41.3 Å². The molecule has 1 fully saturated rings. The quantitative estimate of drug-likeness (QED) is 0.520. The van der Waals surface area contributed by atoms with E-state index in [4.69, 9.17) is 21.7 Å². The Bertz CT molecular complexity index is 1030. The van der Waals surface area contributed by atoms with Gasteiger partial charge in [-0.15, -0.1) is 0 Å². The number of thiocarbonyl (C=S) groups is 1. The maximum atomic E-state index is 12.8. The summed E-state index contributed by atoms with van der Waals surface area (Å²) in [7, 11) is 2.84. The number of benzene rings is 2. The van der Waals surface area contributed by atoms with Gasteiger partial charge in [0.05, 0.1) is 19.1 Å². The Morgan fingerprint density at radius 2 is 1.87 bits per heavy atom. The summed E-state index contributed by atoms with van der Waals surface area (Å²) in [5.74, 6) is -0.397. The number of nitrogens with one attached hydrogen (secondary N) is 1. The van der Waals surface area contributed by atoms with Gasteiger partial charge in [0.1, 0.15) is 10.9 Å². The first-order valence-corrected chi connectivity index (χ1v) is 10.1. The number of thioether (sulfide) groups is 1. The average molecular weight is 445 g/mol. The van der Waals surface area contributed by atoms with Crippen LogP contribution in [0.3, 0.4) is 0 Å². The summed E-state index contributed by atoms with van der Waals surface area (Å²) < 4.78 is 10.6. The molecule has 1 aliphatic rings. The summed E-state index contributed by atoms with van der Waals surface area (Å²) in [4.78, 5) is 26.9. The van der Waals surface area contributed by atoms with Gasteiger partial charge in [0, 0.05) is 5.69 Å². The van der Waals surface area contributed by atoms with Gasteiger partial charge in [-0.25, -0.2) is 0 Å². The Hall–Kier alpha value is -3.04. The van der Waals surface area contributed by atoms with E-state index < -0.39 is 0 Å². The molecule has 1 heterocycles. The largest absolute Gasteiger partial charge is 0.502 e. The van der Waals surface area contributed by atoms with Crippen LogP contribution < -0.4 is 14.8 Å². The number of nitrogens with zero attached hydrogens (tertiary/aromatic N) is 1. The van der Waals surface area contributed by atoms with Crippen LogP contribution in [0.2, 0.25) is 0 Å². The van der Waals surface area contributed by atoms with Crippen LogP contribution in [0.1, 0.15) is 11.1 Å². The Morgan fingerprint density at radius 1 is 1.23 bits per heavy atom. The monoisotopic (exact) mass is 444 g/mol. The second kappa shape index (κ2) is 9.19. The van der Waals surface area contributed by atoms with Crippen molar-refractivity contribution in [3.05, 3.63) is 52.4 Å². The molecule has 0 aromatic heterocycles. The van der Waals surface area contributed by atoms with E-state index in [1.54, 1.807) is 24.3 Å². The Balaban J connectivity index is 1.78. The van der Waals surface area contributed by atoms with Crippen molar-refractivity contribution in [1.82, 2.24) is 4.90 Å². The number of aryl methyl sites for hydroxylation is 1. The van der Waals surface area contributed by atoms with Crippen LogP contribution in [-0.2, 0) is 9.59 Å². The standard InChI is InChI=1S/C21H20N2O5S2/c1-12-6-4-5-7-14(12)22-18(24)11-23-20(26)17(30-21(23)29)10-13-8-15(27-2)19(25)16(9-13)28-3/h4-10,25H,11H2,1-3H3,(H,22,24)/b17-10-. The fourth-order valence-electron chi connectivity index (χ4n) is 2.83. The van der Waals surface area contributed by atoms with Crippen molar-refractivity contribution in [1.29, 1.82) is 0 Å². The van der Waals surface area contributed by atoms with Gasteiger partial charge in [-0.3, -0.25) is 14.5 Å². The van der Waals surface area contributed by atoms with Crippen molar-refractivity contribution in [2.75, 3.05) is 26.1 Å². The molecule has 2 amide bonds. The molecule has 0 radical (unpaired) electrons. The second-order valence-corrected chi connectivity index (χ2v) is 8.08. The number of rotatable bonds is 6. The molecule has 2 aromatic carbocycles. The smallest absolute Gasteiger partial charge is 0.266 e. The van der Waals surface area contributed by atoms with Gasteiger partial charge in [0.25, 0.3) is 5.91 Å². The molecule has 0 aliphatic carbocycles.